The minimum absolute atomic E-state index is 0.0626. The first-order valence-corrected chi connectivity index (χ1v) is 5.95. The molecule has 0 aliphatic carbocycles. The van der Waals surface area contributed by atoms with E-state index < -0.39 is 0 Å². The number of carbonyl (C=O) groups excluding carboxylic acids is 1. The molecule has 17 heavy (non-hydrogen) atoms. The van der Waals surface area contributed by atoms with E-state index >= 15 is 0 Å². The van der Waals surface area contributed by atoms with Crippen LogP contribution >= 0.6 is 0 Å². The van der Waals surface area contributed by atoms with Crippen LogP contribution in [0.4, 0.5) is 0 Å². The van der Waals surface area contributed by atoms with Crippen molar-refractivity contribution in [3.63, 3.8) is 0 Å². The SMILES string of the molecule is Cc1oc(C)c(C(=O)OCC2CCCO2)c1C. The minimum atomic E-state index is -0.313. The smallest absolute Gasteiger partial charge is 0.342 e. The number of rotatable bonds is 3. The predicted octanol–water partition coefficient (Wildman–Crippen LogP) is 2.54. The Kier molecular flexibility index (Phi) is 3.52. The third-order valence-electron chi connectivity index (χ3n) is 3.19. The van der Waals surface area contributed by atoms with E-state index in [2.05, 4.69) is 0 Å². The molecule has 1 aliphatic rings. The number of furan rings is 1. The molecule has 2 heterocycles. The van der Waals surface area contributed by atoms with Crippen LogP contribution in [0.15, 0.2) is 4.42 Å². The van der Waals surface area contributed by atoms with Gasteiger partial charge in [0.25, 0.3) is 0 Å². The molecule has 94 valence electrons. The fraction of sp³-hybridized carbons (Fsp3) is 0.615. The summed E-state index contributed by atoms with van der Waals surface area (Å²) in [5.74, 6) is 1.08. The predicted molar refractivity (Wildman–Crippen MR) is 62.2 cm³/mol. The molecule has 4 nitrogen and oxygen atoms in total. The molecular weight excluding hydrogens is 220 g/mol. The summed E-state index contributed by atoms with van der Waals surface area (Å²) in [4.78, 5) is 11.9. The molecule has 4 heteroatoms. The quantitative estimate of drug-likeness (QED) is 0.759. The third-order valence-corrected chi connectivity index (χ3v) is 3.19. The fourth-order valence-corrected chi connectivity index (χ4v) is 2.11. The van der Waals surface area contributed by atoms with Gasteiger partial charge in [0.15, 0.2) is 0 Å². The summed E-state index contributed by atoms with van der Waals surface area (Å²) in [5, 5.41) is 0. The molecule has 0 radical (unpaired) electrons. The zero-order valence-corrected chi connectivity index (χ0v) is 10.5. The highest BCUT2D eigenvalue weighted by atomic mass is 16.6. The van der Waals surface area contributed by atoms with Crippen molar-refractivity contribution < 1.29 is 18.7 Å². The van der Waals surface area contributed by atoms with E-state index in [1.54, 1.807) is 6.92 Å². The van der Waals surface area contributed by atoms with Crippen LogP contribution in [0.3, 0.4) is 0 Å². The van der Waals surface area contributed by atoms with Gasteiger partial charge in [0.2, 0.25) is 0 Å². The second-order valence-corrected chi connectivity index (χ2v) is 4.45. The molecule has 0 N–H and O–H groups in total. The maximum Gasteiger partial charge on any atom is 0.342 e. The molecule has 0 bridgehead atoms. The van der Waals surface area contributed by atoms with Crippen molar-refractivity contribution in [3.8, 4) is 0 Å². The van der Waals surface area contributed by atoms with Crippen LogP contribution in [0.1, 0.15) is 40.3 Å². The van der Waals surface area contributed by atoms with Crippen LogP contribution in [-0.2, 0) is 9.47 Å². The summed E-state index contributed by atoms with van der Waals surface area (Å²) < 4.78 is 16.1. The molecule has 1 fully saturated rings. The number of esters is 1. The van der Waals surface area contributed by atoms with Gasteiger partial charge in [-0.05, 0) is 33.6 Å². The molecule has 1 saturated heterocycles. The largest absolute Gasteiger partial charge is 0.465 e. The topological polar surface area (TPSA) is 48.7 Å². The van der Waals surface area contributed by atoms with Gasteiger partial charge >= 0.3 is 5.97 Å². The van der Waals surface area contributed by atoms with Crippen LogP contribution in [0.5, 0.6) is 0 Å². The van der Waals surface area contributed by atoms with Crippen molar-refractivity contribution in [2.45, 2.75) is 39.7 Å². The van der Waals surface area contributed by atoms with Gasteiger partial charge in [-0.25, -0.2) is 4.79 Å². The van der Waals surface area contributed by atoms with Crippen molar-refractivity contribution in [2.75, 3.05) is 13.2 Å². The first-order chi connectivity index (χ1) is 8.09. The van der Waals surface area contributed by atoms with Gasteiger partial charge in [-0.2, -0.15) is 0 Å². The molecule has 1 unspecified atom stereocenters. The number of ether oxygens (including phenoxy) is 2. The van der Waals surface area contributed by atoms with Crippen LogP contribution < -0.4 is 0 Å². The summed E-state index contributed by atoms with van der Waals surface area (Å²) in [6, 6.07) is 0. The number of carbonyl (C=O) groups is 1. The van der Waals surface area contributed by atoms with Crippen LogP contribution in [0, 0.1) is 20.8 Å². The maximum atomic E-state index is 11.9. The fourth-order valence-electron chi connectivity index (χ4n) is 2.11. The average molecular weight is 238 g/mol. The standard InChI is InChI=1S/C13H18O4/c1-8-9(2)17-10(3)12(8)13(14)16-7-11-5-4-6-15-11/h11H,4-7H2,1-3H3. The lowest BCUT2D eigenvalue weighted by Crippen LogP contribution is -2.18. The van der Waals surface area contributed by atoms with E-state index in [9.17, 15) is 4.79 Å². The Morgan fingerprint density at radius 3 is 2.65 bits per heavy atom. The van der Waals surface area contributed by atoms with Crippen molar-refractivity contribution in [3.05, 3.63) is 22.6 Å². The zero-order valence-electron chi connectivity index (χ0n) is 10.5. The van der Waals surface area contributed by atoms with E-state index in [4.69, 9.17) is 13.9 Å². The Bertz CT molecular complexity index is 413. The van der Waals surface area contributed by atoms with Crippen molar-refractivity contribution in [2.24, 2.45) is 0 Å². The summed E-state index contributed by atoms with van der Waals surface area (Å²) in [6.07, 6.45) is 2.08. The summed E-state index contributed by atoms with van der Waals surface area (Å²) in [6.45, 7) is 6.60. The monoisotopic (exact) mass is 238 g/mol. The molecule has 1 aliphatic heterocycles. The van der Waals surface area contributed by atoms with Gasteiger partial charge in [0, 0.05) is 12.2 Å². The molecular formula is C13H18O4. The van der Waals surface area contributed by atoms with Crippen LogP contribution in [0.2, 0.25) is 0 Å². The lowest BCUT2D eigenvalue weighted by atomic mass is 10.1. The highest BCUT2D eigenvalue weighted by Crippen LogP contribution is 2.22. The molecule has 0 amide bonds. The van der Waals surface area contributed by atoms with Gasteiger partial charge in [-0.15, -0.1) is 0 Å². The first-order valence-electron chi connectivity index (χ1n) is 5.95. The third kappa shape index (κ3) is 2.52. The Hall–Kier alpha value is -1.29. The summed E-state index contributed by atoms with van der Waals surface area (Å²) in [5.41, 5.74) is 1.42. The molecule has 1 aromatic heterocycles. The Balaban J connectivity index is 1.99. The number of hydrogen-bond donors (Lipinski definition) is 0. The van der Waals surface area contributed by atoms with E-state index in [-0.39, 0.29) is 12.1 Å². The second kappa shape index (κ2) is 4.92. The average Bonchev–Trinajstić information content (AvgIpc) is 2.86. The lowest BCUT2D eigenvalue weighted by molar-refractivity contribution is 0.0159. The minimum Gasteiger partial charge on any atom is -0.465 e. The van der Waals surface area contributed by atoms with Gasteiger partial charge in [0.05, 0.1) is 6.10 Å². The maximum absolute atomic E-state index is 11.9. The number of aryl methyl sites for hydroxylation is 2. The Labute approximate surface area is 101 Å². The van der Waals surface area contributed by atoms with E-state index in [0.29, 0.717) is 17.9 Å². The summed E-state index contributed by atoms with van der Waals surface area (Å²) in [7, 11) is 0. The normalized spacial score (nSPS) is 19.6. The van der Waals surface area contributed by atoms with Crippen molar-refractivity contribution >= 4 is 5.97 Å². The van der Waals surface area contributed by atoms with E-state index in [1.807, 2.05) is 13.8 Å². The molecule has 2 rings (SSSR count). The van der Waals surface area contributed by atoms with E-state index in [1.165, 1.54) is 0 Å². The van der Waals surface area contributed by atoms with Crippen molar-refractivity contribution in [1.82, 2.24) is 0 Å². The first kappa shape index (κ1) is 12.2. The summed E-state index contributed by atoms with van der Waals surface area (Å²) >= 11 is 0. The highest BCUT2D eigenvalue weighted by molar-refractivity contribution is 5.92. The molecule has 0 aromatic carbocycles. The number of hydrogen-bond acceptors (Lipinski definition) is 4. The molecule has 0 spiro atoms. The van der Waals surface area contributed by atoms with Crippen LogP contribution in [0.25, 0.3) is 0 Å². The lowest BCUT2D eigenvalue weighted by Gasteiger charge is -2.10. The Morgan fingerprint density at radius 1 is 1.35 bits per heavy atom. The van der Waals surface area contributed by atoms with Gasteiger partial charge < -0.3 is 13.9 Å². The highest BCUT2D eigenvalue weighted by Gasteiger charge is 2.22. The molecule has 0 saturated carbocycles. The van der Waals surface area contributed by atoms with Crippen molar-refractivity contribution in [1.29, 1.82) is 0 Å². The Morgan fingerprint density at radius 2 is 2.12 bits per heavy atom. The zero-order chi connectivity index (χ0) is 12.4. The van der Waals surface area contributed by atoms with Gasteiger partial charge in [-0.1, -0.05) is 0 Å². The molecule has 1 atom stereocenters. The van der Waals surface area contributed by atoms with E-state index in [0.717, 1.165) is 30.8 Å². The van der Waals surface area contributed by atoms with Gasteiger partial charge in [-0.3, -0.25) is 0 Å². The molecule has 1 aromatic rings. The second-order valence-electron chi connectivity index (χ2n) is 4.45. The van der Waals surface area contributed by atoms with Gasteiger partial charge in [0.1, 0.15) is 23.7 Å². The van der Waals surface area contributed by atoms with Crippen LogP contribution in [-0.4, -0.2) is 25.3 Å².